The van der Waals surface area contributed by atoms with Crippen LogP contribution in [-0.2, 0) is 6.42 Å². The molecule has 1 aromatic heterocycles. The number of rotatable bonds is 3. The van der Waals surface area contributed by atoms with Crippen molar-refractivity contribution in [2.24, 2.45) is 0 Å². The molecule has 6 heteroatoms. The highest BCUT2D eigenvalue weighted by Gasteiger charge is 2.18. The summed E-state index contributed by atoms with van der Waals surface area (Å²) in [6.45, 7) is 1.93. The second kappa shape index (κ2) is 5.31. The Balaban J connectivity index is 2.20. The molecular formula is C13H13N5O. The smallest absolute Gasteiger partial charge is 0.297 e. The van der Waals surface area contributed by atoms with Gasteiger partial charge in [0.05, 0.1) is 11.6 Å². The van der Waals surface area contributed by atoms with E-state index in [1.165, 1.54) is 4.90 Å². The van der Waals surface area contributed by atoms with Gasteiger partial charge in [-0.2, -0.15) is 5.26 Å². The lowest BCUT2D eigenvalue weighted by molar-refractivity contribution is 0.0983. The normalized spacial score (nSPS) is 9.95. The summed E-state index contributed by atoms with van der Waals surface area (Å²) in [5.74, 6) is 0.529. The van der Waals surface area contributed by atoms with Crippen LogP contribution in [0.2, 0.25) is 0 Å². The third-order valence-corrected chi connectivity index (χ3v) is 2.75. The molecule has 2 rings (SSSR count). The molecule has 0 aliphatic carbocycles. The van der Waals surface area contributed by atoms with Crippen LogP contribution < -0.4 is 4.90 Å². The molecule has 96 valence electrons. The topological polar surface area (TPSA) is 85.7 Å². The number of nitrogens with zero attached hydrogens (tertiary/aromatic N) is 4. The molecule has 0 saturated carbocycles. The number of carbonyl (C=O) groups excluding carboxylic acids is 1. The highest BCUT2D eigenvalue weighted by Crippen LogP contribution is 2.15. The number of anilines is 1. The number of hydrogen-bond donors (Lipinski definition) is 1. The minimum Gasteiger partial charge on any atom is -0.309 e. The minimum absolute atomic E-state index is 0.142. The second-order valence-corrected chi connectivity index (χ2v) is 3.98. The van der Waals surface area contributed by atoms with Crippen molar-refractivity contribution in [1.82, 2.24) is 15.2 Å². The lowest BCUT2D eigenvalue weighted by Gasteiger charge is -2.15. The van der Waals surface area contributed by atoms with Gasteiger partial charge in [-0.05, 0) is 24.3 Å². The van der Waals surface area contributed by atoms with Gasteiger partial charge in [0.1, 0.15) is 5.82 Å². The summed E-state index contributed by atoms with van der Waals surface area (Å²) in [4.78, 5) is 17.7. The third-order valence-electron chi connectivity index (χ3n) is 2.75. The molecule has 0 saturated heterocycles. The van der Waals surface area contributed by atoms with Crippen LogP contribution in [0.15, 0.2) is 24.3 Å². The summed E-state index contributed by atoms with van der Waals surface area (Å²) in [7, 11) is 1.64. The summed E-state index contributed by atoms with van der Waals surface area (Å²) in [6, 6.07) is 8.78. The zero-order chi connectivity index (χ0) is 13.8. The average Bonchev–Trinajstić information content (AvgIpc) is 2.94. The zero-order valence-electron chi connectivity index (χ0n) is 10.7. The van der Waals surface area contributed by atoms with Gasteiger partial charge in [-0.1, -0.05) is 6.92 Å². The van der Waals surface area contributed by atoms with Crippen molar-refractivity contribution in [3.05, 3.63) is 41.5 Å². The Labute approximate surface area is 110 Å². The molecule has 0 atom stereocenters. The maximum Gasteiger partial charge on any atom is 0.297 e. The summed E-state index contributed by atoms with van der Waals surface area (Å²) in [5, 5.41) is 15.3. The van der Waals surface area contributed by atoms with E-state index in [-0.39, 0.29) is 11.7 Å². The maximum absolute atomic E-state index is 12.1. The number of amides is 1. The number of aryl methyl sites for hydroxylation is 1. The van der Waals surface area contributed by atoms with Crippen LogP contribution >= 0.6 is 0 Å². The Hall–Kier alpha value is -2.68. The number of benzene rings is 1. The standard InChI is InChI=1S/C13H13N5O/c1-3-11-15-12(17-16-11)13(19)18(2)10-6-4-9(8-14)5-7-10/h4-7H,3H2,1-2H3,(H,15,16,17). The van der Waals surface area contributed by atoms with Gasteiger partial charge in [-0.15, -0.1) is 5.10 Å². The lowest BCUT2D eigenvalue weighted by Crippen LogP contribution is -2.27. The molecule has 2 aromatic rings. The fourth-order valence-electron chi connectivity index (χ4n) is 1.58. The van der Waals surface area contributed by atoms with Gasteiger partial charge in [-0.25, -0.2) is 4.98 Å². The van der Waals surface area contributed by atoms with E-state index >= 15 is 0 Å². The van der Waals surface area contributed by atoms with Crippen LogP contribution in [0.4, 0.5) is 5.69 Å². The molecule has 0 spiro atoms. The van der Waals surface area contributed by atoms with Crippen LogP contribution in [-0.4, -0.2) is 28.1 Å². The summed E-state index contributed by atoms with van der Waals surface area (Å²) in [5.41, 5.74) is 1.24. The minimum atomic E-state index is -0.291. The highest BCUT2D eigenvalue weighted by molar-refractivity contribution is 6.03. The van der Waals surface area contributed by atoms with Crippen molar-refractivity contribution < 1.29 is 4.79 Å². The summed E-state index contributed by atoms with van der Waals surface area (Å²) < 4.78 is 0. The third kappa shape index (κ3) is 2.60. The van der Waals surface area contributed by atoms with Gasteiger partial charge in [0.15, 0.2) is 0 Å². The van der Waals surface area contributed by atoms with E-state index in [9.17, 15) is 4.79 Å². The summed E-state index contributed by atoms with van der Waals surface area (Å²) >= 11 is 0. The number of carbonyl (C=O) groups is 1. The van der Waals surface area contributed by atoms with E-state index in [0.717, 1.165) is 0 Å². The molecule has 0 fully saturated rings. The molecule has 1 amide bonds. The molecular weight excluding hydrogens is 242 g/mol. The first-order chi connectivity index (χ1) is 9.15. The molecule has 19 heavy (non-hydrogen) atoms. The summed E-state index contributed by atoms with van der Waals surface area (Å²) in [6.07, 6.45) is 0.695. The zero-order valence-corrected chi connectivity index (χ0v) is 10.7. The highest BCUT2D eigenvalue weighted by atomic mass is 16.2. The second-order valence-electron chi connectivity index (χ2n) is 3.98. The Morgan fingerprint density at radius 1 is 1.42 bits per heavy atom. The number of aromatic amines is 1. The number of H-pyrrole nitrogens is 1. The van der Waals surface area contributed by atoms with E-state index < -0.39 is 0 Å². The van der Waals surface area contributed by atoms with Gasteiger partial charge in [0.2, 0.25) is 5.82 Å². The van der Waals surface area contributed by atoms with Gasteiger partial charge in [-0.3, -0.25) is 9.89 Å². The van der Waals surface area contributed by atoms with E-state index in [2.05, 4.69) is 15.2 Å². The van der Waals surface area contributed by atoms with E-state index in [1.807, 2.05) is 13.0 Å². The molecule has 0 unspecified atom stereocenters. The average molecular weight is 255 g/mol. The first kappa shape index (κ1) is 12.8. The number of nitrogens with one attached hydrogen (secondary N) is 1. The van der Waals surface area contributed by atoms with E-state index in [1.54, 1.807) is 31.3 Å². The monoisotopic (exact) mass is 255 g/mol. The molecule has 0 aliphatic rings. The number of aromatic nitrogens is 3. The van der Waals surface area contributed by atoms with Gasteiger partial charge in [0, 0.05) is 19.2 Å². The van der Waals surface area contributed by atoms with Crippen molar-refractivity contribution in [1.29, 1.82) is 5.26 Å². The molecule has 1 N–H and O–H groups in total. The van der Waals surface area contributed by atoms with Crippen molar-refractivity contribution in [3.63, 3.8) is 0 Å². The number of nitriles is 1. The van der Waals surface area contributed by atoms with Crippen LogP contribution in [0.3, 0.4) is 0 Å². The Morgan fingerprint density at radius 3 is 2.63 bits per heavy atom. The first-order valence-electron chi connectivity index (χ1n) is 5.85. The van der Waals surface area contributed by atoms with Gasteiger partial charge < -0.3 is 4.90 Å². The van der Waals surface area contributed by atoms with Crippen molar-refractivity contribution in [2.75, 3.05) is 11.9 Å². The van der Waals surface area contributed by atoms with E-state index in [0.29, 0.717) is 23.5 Å². The van der Waals surface area contributed by atoms with E-state index in [4.69, 9.17) is 5.26 Å². The molecule has 0 bridgehead atoms. The van der Waals surface area contributed by atoms with Crippen LogP contribution in [0.5, 0.6) is 0 Å². The fraction of sp³-hybridized carbons (Fsp3) is 0.231. The fourth-order valence-corrected chi connectivity index (χ4v) is 1.58. The van der Waals surface area contributed by atoms with Crippen LogP contribution in [0, 0.1) is 11.3 Å². The number of hydrogen-bond acceptors (Lipinski definition) is 4. The Kier molecular flexibility index (Phi) is 3.57. The molecule has 1 aromatic carbocycles. The van der Waals surface area contributed by atoms with Gasteiger partial charge in [0.25, 0.3) is 5.91 Å². The molecule has 1 heterocycles. The van der Waals surface area contributed by atoms with Crippen LogP contribution in [0.1, 0.15) is 28.9 Å². The maximum atomic E-state index is 12.1. The Bertz CT molecular complexity index is 623. The predicted octanol–water partition coefficient (Wildman–Crippen LogP) is 1.52. The molecule has 6 nitrogen and oxygen atoms in total. The Morgan fingerprint density at radius 2 is 2.11 bits per heavy atom. The van der Waals surface area contributed by atoms with Crippen molar-refractivity contribution in [2.45, 2.75) is 13.3 Å². The largest absolute Gasteiger partial charge is 0.309 e. The first-order valence-corrected chi connectivity index (χ1v) is 5.85. The van der Waals surface area contributed by atoms with Crippen LogP contribution in [0.25, 0.3) is 0 Å². The molecule has 0 radical (unpaired) electrons. The van der Waals surface area contributed by atoms with Gasteiger partial charge >= 0.3 is 0 Å². The van der Waals surface area contributed by atoms with Crippen molar-refractivity contribution in [3.8, 4) is 6.07 Å². The van der Waals surface area contributed by atoms with Crippen molar-refractivity contribution >= 4 is 11.6 Å². The lowest BCUT2D eigenvalue weighted by atomic mass is 10.2. The molecule has 0 aliphatic heterocycles. The SMILES string of the molecule is CCc1nc(C(=O)N(C)c2ccc(C#N)cc2)n[nH]1. The predicted molar refractivity (Wildman–Crippen MR) is 69.7 cm³/mol. The quantitative estimate of drug-likeness (QED) is 0.900.